The molecule has 4 atom stereocenters. The lowest BCUT2D eigenvalue weighted by molar-refractivity contribution is 0.00203. The first-order valence-corrected chi connectivity index (χ1v) is 10.8. The molecule has 2 bridgehead atoms. The number of rotatable bonds is 3. The van der Waals surface area contributed by atoms with Gasteiger partial charge in [-0.3, -0.25) is 9.80 Å². The highest BCUT2D eigenvalue weighted by Crippen LogP contribution is 2.44. The van der Waals surface area contributed by atoms with Crippen molar-refractivity contribution in [2.75, 3.05) is 26.2 Å². The first-order valence-electron chi connectivity index (χ1n) is 10.8. The van der Waals surface area contributed by atoms with Crippen LogP contribution in [0.2, 0.25) is 0 Å². The zero-order valence-corrected chi connectivity index (χ0v) is 15.9. The highest BCUT2D eigenvalue weighted by molar-refractivity contribution is 5.48. The molecule has 138 valence electrons. The Hall–Kier alpha value is -1.38. The van der Waals surface area contributed by atoms with Crippen molar-refractivity contribution in [3.8, 4) is 0 Å². The van der Waals surface area contributed by atoms with Gasteiger partial charge in [0.2, 0.25) is 0 Å². The zero-order valence-electron chi connectivity index (χ0n) is 15.9. The van der Waals surface area contributed by atoms with Gasteiger partial charge in [0.15, 0.2) is 0 Å². The van der Waals surface area contributed by atoms with E-state index in [1.165, 1.54) is 63.7 Å². The third kappa shape index (κ3) is 3.18. The van der Waals surface area contributed by atoms with Gasteiger partial charge in [-0.25, -0.2) is 0 Å². The number of nitrogens with zero attached hydrogens (tertiary/aromatic N) is 2. The van der Waals surface area contributed by atoms with E-state index in [9.17, 15) is 0 Å². The van der Waals surface area contributed by atoms with Crippen molar-refractivity contribution in [2.45, 2.75) is 50.6 Å². The minimum atomic E-state index is 0.711. The van der Waals surface area contributed by atoms with Crippen LogP contribution in [-0.4, -0.2) is 48.1 Å². The molecule has 2 nitrogen and oxygen atoms in total. The van der Waals surface area contributed by atoms with E-state index in [-0.39, 0.29) is 0 Å². The first-order chi connectivity index (χ1) is 12.9. The van der Waals surface area contributed by atoms with Crippen molar-refractivity contribution in [3.05, 3.63) is 53.6 Å². The van der Waals surface area contributed by atoms with Crippen LogP contribution in [0.3, 0.4) is 0 Å². The monoisotopic (exact) mass is 348 g/mol. The van der Waals surface area contributed by atoms with Crippen molar-refractivity contribution >= 4 is 6.08 Å². The van der Waals surface area contributed by atoms with Gasteiger partial charge >= 0.3 is 0 Å². The maximum atomic E-state index is 2.85. The molecule has 3 heterocycles. The fourth-order valence-electron chi connectivity index (χ4n) is 6.18. The molecule has 4 aliphatic rings. The van der Waals surface area contributed by atoms with Crippen molar-refractivity contribution in [1.29, 1.82) is 0 Å². The molecule has 0 amide bonds. The van der Waals surface area contributed by atoms with E-state index < -0.39 is 0 Å². The lowest BCUT2D eigenvalue weighted by atomic mass is 9.68. The van der Waals surface area contributed by atoms with Gasteiger partial charge in [0.05, 0.1) is 0 Å². The second-order valence-corrected chi connectivity index (χ2v) is 8.82. The van der Waals surface area contributed by atoms with E-state index in [1.807, 2.05) is 0 Å². The van der Waals surface area contributed by atoms with Gasteiger partial charge in [0, 0.05) is 25.2 Å². The van der Waals surface area contributed by atoms with Gasteiger partial charge in [-0.05, 0) is 62.6 Å². The summed E-state index contributed by atoms with van der Waals surface area (Å²) in [6.07, 6.45) is 15.9. The fraction of sp³-hybridized carbons (Fsp3) is 0.583. The Balaban J connectivity index is 1.33. The highest BCUT2D eigenvalue weighted by Gasteiger charge is 2.45. The molecule has 26 heavy (non-hydrogen) atoms. The van der Waals surface area contributed by atoms with Crippen LogP contribution < -0.4 is 0 Å². The van der Waals surface area contributed by atoms with E-state index in [4.69, 9.17) is 0 Å². The third-order valence-electron chi connectivity index (χ3n) is 7.21. The largest absolute Gasteiger partial charge is 0.299 e. The van der Waals surface area contributed by atoms with Crippen molar-refractivity contribution in [2.24, 2.45) is 11.8 Å². The molecular weight excluding hydrogens is 316 g/mol. The fourth-order valence-corrected chi connectivity index (χ4v) is 6.18. The van der Waals surface area contributed by atoms with Gasteiger partial charge in [-0.2, -0.15) is 0 Å². The van der Waals surface area contributed by atoms with Crippen LogP contribution in [0.4, 0.5) is 0 Å². The molecule has 3 saturated heterocycles. The van der Waals surface area contributed by atoms with Gasteiger partial charge in [-0.1, -0.05) is 60.6 Å². The number of hydrogen-bond acceptors (Lipinski definition) is 2. The quantitative estimate of drug-likeness (QED) is 0.737. The SMILES string of the molecule is C(=Cc1ccccc1)CN1CCCC2=CC3CC(CN4CCCC[C@H]34)[C@@H]21. The Morgan fingerprint density at radius 2 is 1.96 bits per heavy atom. The summed E-state index contributed by atoms with van der Waals surface area (Å²) < 4.78 is 0. The number of likely N-dealkylation sites (tertiary alicyclic amines) is 1. The van der Waals surface area contributed by atoms with Crippen LogP contribution in [-0.2, 0) is 0 Å². The Morgan fingerprint density at radius 3 is 2.88 bits per heavy atom. The molecule has 1 aliphatic carbocycles. The molecule has 0 spiro atoms. The molecule has 0 saturated carbocycles. The van der Waals surface area contributed by atoms with Crippen molar-refractivity contribution in [1.82, 2.24) is 9.80 Å². The third-order valence-corrected chi connectivity index (χ3v) is 7.21. The summed E-state index contributed by atoms with van der Waals surface area (Å²) >= 11 is 0. The maximum absolute atomic E-state index is 2.85. The number of hydrogen-bond donors (Lipinski definition) is 0. The normalized spacial score (nSPS) is 35.0. The van der Waals surface area contributed by atoms with Crippen molar-refractivity contribution < 1.29 is 0 Å². The first kappa shape index (κ1) is 16.8. The van der Waals surface area contributed by atoms with Gasteiger partial charge < -0.3 is 0 Å². The van der Waals surface area contributed by atoms with E-state index in [2.05, 4.69) is 58.4 Å². The summed E-state index contributed by atoms with van der Waals surface area (Å²) in [6.45, 7) is 5.07. The maximum Gasteiger partial charge on any atom is 0.0351 e. The molecule has 2 heteroatoms. The van der Waals surface area contributed by atoms with E-state index >= 15 is 0 Å². The molecule has 1 aromatic rings. The standard InChI is InChI=1S/C24H32N2/c1-2-8-19(9-3-1)10-6-14-25-15-7-11-20-16-21-17-22(24(20)25)18-26-13-5-4-12-23(21)26/h1-3,6,8-10,16,21-24H,4-5,7,11-15,17-18H2/t21?,22?,23-,24-/m1/s1. The predicted molar refractivity (Wildman–Crippen MR) is 109 cm³/mol. The minimum absolute atomic E-state index is 0.711. The van der Waals surface area contributed by atoms with Crippen LogP contribution in [0, 0.1) is 11.8 Å². The van der Waals surface area contributed by atoms with E-state index in [0.717, 1.165) is 24.4 Å². The zero-order chi connectivity index (χ0) is 17.3. The molecular formula is C24H32N2. The van der Waals surface area contributed by atoms with E-state index in [1.54, 1.807) is 5.57 Å². The van der Waals surface area contributed by atoms with Crippen LogP contribution in [0.1, 0.15) is 44.1 Å². The van der Waals surface area contributed by atoms with Crippen LogP contribution >= 0.6 is 0 Å². The summed E-state index contributed by atoms with van der Waals surface area (Å²) in [6, 6.07) is 12.3. The Morgan fingerprint density at radius 1 is 1.04 bits per heavy atom. The minimum Gasteiger partial charge on any atom is -0.299 e. The lowest BCUT2D eigenvalue weighted by Gasteiger charge is -2.54. The molecule has 1 aromatic carbocycles. The van der Waals surface area contributed by atoms with Crippen LogP contribution in [0.25, 0.3) is 6.08 Å². The average molecular weight is 349 g/mol. The molecule has 0 radical (unpaired) electrons. The Bertz CT molecular complexity index is 677. The summed E-state index contributed by atoms with van der Waals surface area (Å²) in [5, 5.41) is 0. The summed E-state index contributed by atoms with van der Waals surface area (Å²) in [5.74, 6) is 1.71. The lowest BCUT2D eigenvalue weighted by Crippen LogP contribution is -2.59. The second kappa shape index (κ2) is 7.32. The van der Waals surface area contributed by atoms with Gasteiger partial charge in [-0.15, -0.1) is 0 Å². The van der Waals surface area contributed by atoms with Gasteiger partial charge in [0.1, 0.15) is 0 Å². The molecule has 0 aromatic heterocycles. The molecule has 2 unspecified atom stereocenters. The molecule has 0 N–H and O–H groups in total. The second-order valence-electron chi connectivity index (χ2n) is 8.82. The average Bonchev–Trinajstić information content (AvgIpc) is 2.69. The smallest absolute Gasteiger partial charge is 0.0351 e. The number of fused-ring (bicyclic) bond motifs is 6. The molecule has 5 rings (SSSR count). The van der Waals surface area contributed by atoms with Gasteiger partial charge in [0.25, 0.3) is 0 Å². The number of benzene rings is 1. The topological polar surface area (TPSA) is 6.48 Å². The molecule has 3 aliphatic heterocycles. The Labute approximate surface area is 158 Å². The van der Waals surface area contributed by atoms with Crippen LogP contribution in [0.5, 0.6) is 0 Å². The number of piperidine rings is 3. The summed E-state index contributed by atoms with van der Waals surface area (Å²) in [7, 11) is 0. The molecule has 3 fully saturated rings. The summed E-state index contributed by atoms with van der Waals surface area (Å²) in [4.78, 5) is 5.63. The van der Waals surface area contributed by atoms with Crippen LogP contribution in [0.15, 0.2) is 48.1 Å². The van der Waals surface area contributed by atoms with Crippen molar-refractivity contribution in [3.63, 3.8) is 0 Å². The highest BCUT2D eigenvalue weighted by atomic mass is 15.2. The predicted octanol–water partition coefficient (Wildman–Crippen LogP) is 4.59. The Kier molecular flexibility index (Phi) is 4.72. The summed E-state index contributed by atoms with van der Waals surface area (Å²) in [5.41, 5.74) is 3.11. The van der Waals surface area contributed by atoms with E-state index in [0.29, 0.717) is 6.04 Å².